The number of amides is 1. The van der Waals surface area contributed by atoms with Gasteiger partial charge in [-0.2, -0.15) is 0 Å². The molecule has 0 aliphatic carbocycles. The zero-order valence-corrected chi connectivity index (χ0v) is 12.0. The fourth-order valence-corrected chi connectivity index (χ4v) is 1.53. The molecule has 1 aromatic rings. The van der Waals surface area contributed by atoms with Crippen molar-refractivity contribution in [2.75, 3.05) is 27.3 Å². The molecule has 0 aromatic heterocycles. The van der Waals surface area contributed by atoms with Crippen LogP contribution >= 0.6 is 0 Å². The Morgan fingerprint density at radius 3 is 2.65 bits per heavy atom. The predicted molar refractivity (Wildman–Crippen MR) is 76.3 cm³/mol. The predicted octanol–water partition coefficient (Wildman–Crippen LogP) is 1.73. The highest BCUT2D eigenvalue weighted by molar-refractivity contribution is 5.93. The van der Waals surface area contributed by atoms with Crippen LogP contribution in [0.15, 0.2) is 30.3 Å². The van der Waals surface area contributed by atoms with E-state index in [1.165, 1.54) is 25.1 Å². The van der Waals surface area contributed by atoms with Crippen molar-refractivity contribution in [1.82, 2.24) is 4.90 Å². The summed E-state index contributed by atoms with van der Waals surface area (Å²) >= 11 is 0. The Labute approximate surface area is 118 Å². The summed E-state index contributed by atoms with van der Waals surface area (Å²) in [7, 11) is 2.83. The Hall–Kier alpha value is -2.30. The van der Waals surface area contributed by atoms with Crippen molar-refractivity contribution in [3.8, 4) is 5.75 Å². The highest BCUT2D eigenvalue weighted by atomic mass is 16.5. The molecule has 0 heterocycles. The van der Waals surface area contributed by atoms with Gasteiger partial charge in [0.05, 0.1) is 13.7 Å². The number of hydrogen-bond donors (Lipinski definition) is 0. The fourth-order valence-electron chi connectivity index (χ4n) is 1.53. The van der Waals surface area contributed by atoms with E-state index in [-0.39, 0.29) is 12.5 Å². The van der Waals surface area contributed by atoms with Gasteiger partial charge in [-0.15, -0.1) is 0 Å². The summed E-state index contributed by atoms with van der Waals surface area (Å²) in [6, 6.07) is 7.43. The highest BCUT2D eigenvalue weighted by Gasteiger charge is 2.10. The summed E-state index contributed by atoms with van der Waals surface area (Å²) in [5.74, 6) is -0.0136. The maximum absolute atomic E-state index is 11.8. The number of methoxy groups -OCH3 is 1. The van der Waals surface area contributed by atoms with Gasteiger partial charge < -0.3 is 14.4 Å². The average molecular weight is 277 g/mol. The van der Waals surface area contributed by atoms with Crippen molar-refractivity contribution in [3.05, 3.63) is 35.9 Å². The summed E-state index contributed by atoms with van der Waals surface area (Å²) in [6.45, 7) is 2.38. The molecule has 0 aliphatic rings. The minimum absolute atomic E-state index is 0.0766. The van der Waals surface area contributed by atoms with Gasteiger partial charge in [-0.05, 0) is 19.1 Å². The van der Waals surface area contributed by atoms with E-state index in [4.69, 9.17) is 4.74 Å². The van der Waals surface area contributed by atoms with Crippen molar-refractivity contribution in [1.29, 1.82) is 0 Å². The molecule has 0 aliphatic heterocycles. The normalized spacial score (nSPS) is 10.3. The van der Waals surface area contributed by atoms with Crippen LogP contribution in [-0.2, 0) is 14.3 Å². The van der Waals surface area contributed by atoms with Gasteiger partial charge in [0.1, 0.15) is 12.3 Å². The smallest absolute Gasteiger partial charge is 0.325 e. The molecule has 0 spiro atoms. The first-order valence-electron chi connectivity index (χ1n) is 6.30. The third kappa shape index (κ3) is 4.76. The number of ether oxygens (including phenoxy) is 2. The zero-order valence-electron chi connectivity index (χ0n) is 12.0. The van der Waals surface area contributed by atoms with Crippen molar-refractivity contribution in [2.24, 2.45) is 0 Å². The minimum Gasteiger partial charge on any atom is -0.493 e. The SMILES string of the molecule is CCOc1ccccc1C=CC(=O)N(C)CC(=O)OC. The molecule has 0 radical (unpaired) electrons. The van der Waals surface area contributed by atoms with Crippen LogP contribution in [0.5, 0.6) is 5.75 Å². The Balaban J connectivity index is 2.72. The molecular weight excluding hydrogens is 258 g/mol. The van der Waals surface area contributed by atoms with Crippen LogP contribution in [0, 0.1) is 0 Å². The van der Waals surface area contributed by atoms with E-state index in [0.29, 0.717) is 6.61 Å². The molecule has 1 aromatic carbocycles. The molecule has 0 saturated heterocycles. The molecule has 0 N–H and O–H groups in total. The summed E-state index contributed by atoms with van der Waals surface area (Å²) < 4.78 is 9.97. The van der Waals surface area contributed by atoms with Gasteiger partial charge >= 0.3 is 5.97 Å². The van der Waals surface area contributed by atoms with Crippen molar-refractivity contribution >= 4 is 18.0 Å². The molecule has 1 amide bonds. The fraction of sp³-hybridized carbons (Fsp3) is 0.333. The van der Waals surface area contributed by atoms with Gasteiger partial charge in [0.2, 0.25) is 5.91 Å². The number of benzene rings is 1. The van der Waals surface area contributed by atoms with E-state index in [9.17, 15) is 9.59 Å². The number of carbonyl (C=O) groups is 2. The molecule has 0 saturated carbocycles. The van der Waals surface area contributed by atoms with Gasteiger partial charge in [0, 0.05) is 18.7 Å². The van der Waals surface area contributed by atoms with Crippen molar-refractivity contribution in [3.63, 3.8) is 0 Å². The topological polar surface area (TPSA) is 55.8 Å². The second kappa shape index (κ2) is 7.99. The molecular formula is C15H19NO4. The number of carbonyl (C=O) groups excluding carboxylic acids is 2. The number of nitrogens with zero attached hydrogens (tertiary/aromatic N) is 1. The van der Waals surface area contributed by atoms with E-state index in [2.05, 4.69) is 4.74 Å². The first-order valence-corrected chi connectivity index (χ1v) is 6.30. The quantitative estimate of drug-likeness (QED) is 0.587. The summed E-state index contributed by atoms with van der Waals surface area (Å²) in [4.78, 5) is 24.2. The van der Waals surface area contributed by atoms with Crippen LogP contribution in [0.2, 0.25) is 0 Å². The molecule has 5 heteroatoms. The summed E-state index contributed by atoms with van der Waals surface area (Å²) in [5, 5.41) is 0. The molecule has 5 nitrogen and oxygen atoms in total. The van der Waals surface area contributed by atoms with Gasteiger partial charge in [0.15, 0.2) is 0 Å². The Kier molecular flexibility index (Phi) is 6.29. The van der Waals surface area contributed by atoms with Crippen LogP contribution in [0.4, 0.5) is 0 Å². The lowest BCUT2D eigenvalue weighted by Crippen LogP contribution is -2.31. The number of likely N-dealkylation sites (N-methyl/N-ethyl adjacent to an activating group) is 1. The first kappa shape index (κ1) is 15.8. The molecule has 0 unspecified atom stereocenters. The maximum atomic E-state index is 11.8. The van der Waals surface area contributed by atoms with E-state index >= 15 is 0 Å². The van der Waals surface area contributed by atoms with Crippen LogP contribution < -0.4 is 4.74 Å². The summed E-state index contributed by atoms with van der Waals surface area (Å²) in [6.07, 6.45) is 3.07. The summed E-state index contributed by atoms with van der Waals surface area (Å²) in [5.41, 5.74) is 0.814. The van der Waals surface area contributed by atoms with Crippen molar-refractivity contribution < 1.29 is 19.1 Å². The number of rotatable bonds is 6. The molecule has 0 atom stereocenters. The van der Waals surface area contributed by atoms with Gasteiger partial charge in [0.25, 0.3) is 0 Å². The van der Waals surface area contributed by atoms with E-state index in [0.717, 1.165) is 11.3 Å². The van der Waals surface area contributed by atoms with E-state index in [1.54, 1.807) is 6.08 Å². The first-order chi connectivity index (χ1) is 9.58. The molecule has 108 valence electrons. The zero-order chi connectivity index (χ0) is 15.0. The van der Waals surface area contributed by atoms with Crippen molar-refractivity contribution in [2.45, 2.75) is 6.92 Å². The Bertz CT molecular complexity index is 496. The van der Waals surface area contributed by atoms with Gasteiger partial charge in [-0.3, -0.25) is 9.59 Å². The second-order valence-corrected chi connectivity index (χ2v) is 4.07. The van der Waals surface area contributed by atoms with E-state index < -0.39 is 5.97 Å². The van der Waals surface area contributed by atoms with E-state index in [1.807, 2.05) is 31.2 Å². The monoisotopic (exact) mass is 277 g/mol. The van der Waals surface area contributed by atoms with Crippen LogP contribution in [0.1, 0.15) is 12.5 Å². The minimum atomic E-state index is -0.455. The molecule has 20 heavy (non-hydrogen) atoms. The van der Waals surface area contributed by atoms with Gasteiger partial charge in [-0.1, -0.05) is 18.2 Å². The number of esters is 1. The Morgan fingerprint density at radius 1 is 1.30 bits per heavy atom. The lowest BCUT2D eigenvalue weighted by Gasteiger charge is -2.13. The molecule has 0 fully saturated rings. The largest absolute Gasteiger partial charge is 0.493 e. The van der Waals surface area contributed by atoms with Crippen LogP contribution in [-0.4, -0.2) is 44.1 Å². The lowest BCUT2D eigenvalue weighted by atomic mass is 10.2. The number of para-hydroxylation sites is 1. The van der Waals surface area contributed by atoms with Gasteiger partial charge in [-0.25, -0.2) is 0 Å². The maximum Gasteiger partial charge on any atom is 0.325 e. The third-order valence-corrected chi connectivity index (χ3v) is 2.59. The molecule has 1 rings (SSSR count). The highest BCUT2D eigenvalue weighted by Crippen LogP contribution is 2.19. The number of hydrogen-bond acceptors (Lipinski definition) is 4. The average Bonchev–Trinajstić information content (AvgIpc) is 2.46. The van der Waals surface area contributed by atoms with Crippen LogP contribution in [0.25, 0.3) is 6.08 Å². The third-order valence-electron chi connectivity index (χ3n) is 2.59. The van der Waals surface area contributed by atoms with Crippen LogP contribution in [0.3, 0.4) is 0 Å². The molecule has 0 bridgehead atoms. The lowest BCUT2D eigenvalue weighted by molar-refractivity contribution is -0.144. The standard InChI is InChI=1S/C15H19NO4/c1-4-20-13-8-6-5-7-12(13)9-10-14(17)16(2)11-15(18)19-3/h5-10H,4,11H2,1-3H3. The Morgan fingerprint density at radius 2 is 2.00 bits per heavy atom. The second-order valence-electron chi connectivity index (χ2n) is 4.07.